The van der Waals surface area contributed by atoms with Gasteiger partial charge >= 0.3 is 0 Å². The number of carbonyl (C=O) groups excluding carboxylic acids is 1. The largest absolute Gasteiger partial charge is 0.495 e. The minimum Gasteiger partial charge on any atom is -0.495 e. The highest BCUT2D eigenvalue weighted by Crippen LogP contribution is 2.25. The lowest BCUT2D eigenvalue weighted by molar-refractivity contribution is 0.0953. The summed E-state index contributed by atoms with van der Waals surface area (Å²) < 4.78 is 5.29. The molecule has 0 saturated carbocycles. The number of benzene rings is 1. The Morgan fingerprint density at radius 3 is 2.73 bits per heavy atom. The van der Waals surface area contributed by atoms with Crippen LogP contribution in [0.5, 0.6) is 5.75 Å². The number of allylic oxidation sites excluding steroid dienone is 1. The van der Waals surface area contributed by atoms with E-state index in [1.165, 1.54) is 30.8 Å². The van der Waals surface area contributed by atoms with Crippen LogP contribution in [0.15, 0.2) is 48.3 Å². The maximum atomic E-state index is 12.2. The number of ether oxygens (including phenoxy) is 1. The van der Waals surface area contributed by atoms with Crippen LogP contribution in [-0.4, -0.2) is 29.5 Å². The number of hydrogen-bond acceptors (Lipinski definition) is 5. The zero-order valence-corrected chi connectivity index (χ0v) is 15.0. The predicted molar refractivity (Wildman–Crippen MR) is 102 cm³/mol. The minimum atomic E-state index is -0.148. The second kappa shape index (κ2) is 8.99. The summed E-state index contributed by atoms with van der Waals surface area (Å²) in [6.45, 7) is 0.645. The van der Waals surface area contributed by atoms with Gasteiger partial charge in [-0.05, 0) is 44.2 Å². The number of amides is 1. The molecule has 1 aliphatic rings. The van der Waals surface area contributed by atoms with Crippen molar-refractivity contribution >= 4 is 17.5 Å². The summed E-state index contributed by atoms with van der Waals surface area (Å²) in [5.41, 5.74) is 2.67. The molecule has 1 heterocycles. The SMILES string of the molecule is COc1ccccc1Nc1ncc(C(=O)NCCC2=CCCCC2)cn1. The van der Waals surface area contributed by atoms with Crippen LogP contribution in [-0.2, 0) is 0 Å². The summed E-state index contributed by atoms with van der Waals surface area (Å²) in [6.07, 6.45) is 11.1. The topological polar surface area (TPSA) is 76.1 Å². The van der Waals surface area contributed by atoms with Gasteiger partial charge in [0, 0.05) is 18.9 Å². The van der Waals surface area contributed by atoms with Gasteiger partial charge in [0.15, 0.2) is 0 Å². The van der Waals surface area contributed by atoms with Crippen molar-refractivity contribution in [1.82, 2.24) is 15.3 Å². The highest BCUT2D eigenvalue weighted by Gasteiger charge is 2.09. The highest BCUT2D eigenvalue weighted by molar-refractivity contribution is 5.93. The van der Waals surface area contributed by atoms with Gasteiger partial charge in [0.25, 0.3) is 5.91 Å². The van der Waals surface area contributed by atoms with E-state index in [2.05, 4.69) is 26.7 Å². The summed E-state index contributed by atoms with van der Waals surface area (Å²) in [7, 11) is 1.61. The Morgan fingerprint density at radius 1 is 1.19 bits per heavy atom. The normalized spacial score (nSPS) is 13.7. The van der Waals surface area contributed by atoms with E-state index in [1.807, 2.05) is 24.3 Å². The van der Waals surface area contributed by atoms with Crippen molar-refractivity contribution in [3.05, 3.63) is 53.9 Å². The standard InChI is InChI=1S/C20H24N4O2/c1-26-18-10-6-5-9-17(18)24-20-22-13-16(14-23-20)19(25)21-12-11-15-7-3-2-4-8-15/h5-7,9-10,13-14H,2-4,8,11-12H2,1H3,(H,21,25)(H,22,23,24). The van der Waals surface area contributed by atoms with Gasteiger partial charge in [-0.25, -0.2) is 9.97 Å². The molecule has 0 atom stereocenters. The molecule has 26 heavy (non-hydrogen) atoms. The molecule has 2 aromatic rings. The van der Waals surface area contributed by atoms with E-state index in [0.29, 0.717) is 23.8 Å². The summed E-state index contributed by atoms with van der Waals surface area (Å²) in [6, 6.07) is 7.52. The fourth-order valence-corrected chi connectivity index (χ4v) is 2.95. The van der Waals surface area contributed by atoms with Crippen molar-refractivity contribution in [2.45, 2.75) is 32.1 Å². The van der Waals surface area contributed by atoms with Gasteiger partial charge in [0.05, 0.1) is 18.4 Å². The smallest absolute Gasteiger partial charge is 0.254 e. The molecule has 3 rings (SSSR count). The molecular formula is C20H24N4O2. The number of rotatable bonds is 7. The van der Waals surface area contributed by atoms with Crippen LogP contribution >= 0.6 is 0 Å². The molecule has 0 fully saturated rings. The molecule has 0 aliphatic heterocycles. The molecule has 6 nitrogen and oxygen atoms in total. The Bertz CT molecular complexity index is 772. The number of para-hydroxylation sites is 2. The monoisotopic (exact) mass is 352 g/mol. The molecule has 0 radical (unpaired) electrons. The van der Waals surface area contributed by atoms with Crippen molar-refractivity contribution in [2.75, 3.05) is 19.0 Å². The summed E-state index contributed by atoms with van der Waals surface area (Å²) in [5.74, 6) is 0.971. The first kappa shape index (κ1) is 17.9. The molecule has 2 N–H and O–H groups in total. The van der Waals surface area contributed by atoms with E-state index < -0.39 is 0 Å². The highest BCUT2D eigenvalue weighted by atomic mass is 16.5. The number of methoxy groups -OCH3 is 1. The second-order valence-corrected chi connectivity index (χ2v) is 6.23. The van der Waals surface area contributed by atoms with Crippen molar-refractivity contribution in [3.8, 4) is 5.75 Å². The number of anilines is 2. The molecule has 0 saturated heterocycles. The van der Waals surface area contributed by atoms with E-state index in [1.54, 1.807) is 7.11 Å². The van der Waals surface area contributed by atoms with Crippen LogP contribution in [0.3, 0.4) is 0 Å². The molecule has 1 amide bonds. The van der Waals surface area contributed by atoms with E-state index in [-0.39, 0.29) is 5.91 Å². The van der Waals surface area contributed by atoms with Crippen LogP contribution in [0.25, 0.3) is 0 Å². The van der Waals surface area contributed by atoms with Crippen LogP contribution in [0, 0.1) is 0 Å². The van der Waals surface area contributed by atoms with Crippen molar-refractivity contribution in [3.63, 3.8) is 0 Å². The zero-order valence-electron chi connectivity index (χ0n) is 15.0. The van der Waals surface area contributed by atoms with Gasteiger partial charge in [-0.2, -0.15) is 0 Å². The molecule has 136 valence electrons. The number of aromatic nitrogens is 2. The molecule has 0 bridgehead atoms. The van der Waals surface area contributed by atoms with Crippen LogP contribution < -0.4 is 15.4 Å². The van der Waals surface area contributed by atoms with Crippen molar-refractivity contribution in [1.29, 1.82) is 0 Å². The Balaban J connectivity index is 1.53. The Labute approximate surface area is 153 Å². The Morgan fingerprint density at radius 2 is 2.00 bits per heavy atom. The van der Waals surface area contributed by atoms with Crippen molar-refractivity contribution < 1.29 is 9.53 Å². The molecule has 0 unspecified atom stereocenters. The van der Waals surface area contributed by atoms with Gasteiger partial charge < -0.3 is 15.4 Å². The zero-order chi connectivity index (χ0) is 18.2. The summed E-state index contributed by atoms with van der Waals surface area (Å²) >= 11 is 0. The molecule has 1 aliphatic carbocycles. The molecular weight excluding hydrogens is 328 g/mol. The Hall–Kier alpha value is -2.89. The average molecular weight is 352 g/mol. The van der Waals surface area contributed by atoms with E-state index in [0.717, 1.165) is 24.9 Å². The Kier molecular flexibility index (Phi) is 6.19. The third-order valence-corrected chi connectivity index (χ3v) is 4.38. The maximum Gasteiger partial charge on any atom is 0.254 e. The van der Waals surface area contributed by atoms with Gasteiger partial charge in [-0.15, -0.1) is 0 Å². The minimum absolute atomic E-state index is 0.148. The van der Waals surface area contributed by atoms with Gasteiger partial charge in [0.1, 0.15) is 5.75 Å². The van der Waals surface area contributed by atoms with Gasteiger partial charge in [0.2, 0.25) is 5.95 Å². The summed E-state index contributed by atoms with van der Waals surface area (Å²) in [4.78, 5) is 20.6. The lowest BCUT2D eigenvalue weighted by Gasteiger charge is -2.13. The third kappa shape index (κ3) is 4.81. The fourth-order valence-electron chi connectivity index (χ4n) is 2.95. The second-order valence-electron chi connectivity index (χ2n) is 6.23. The number of nitrogens with one attached hydrogen (secondary N) is 2. The number of carbonyl (C=O) groups is 1. The first-order valence-electron chi connectivity index (χ1n) is 8.94. The molecule has 1 aromatic carbocycles. The number of hydrogen-bond donors (Lipinski definition) is 2. The molecule has 6 heteroatoms. The van der Waals surface area contributed by atoms with Crippen molar-refractivity contribution in [2.24, 2.45) is 0 Å². The van der Waals surface area contributed by atoms with Crippen LogP contribution in [0.2, 0.25) is 0 Å². The van der Waals surface area contributed by atoms with E-state index in [9.17, 15) is 4.79 Å². The maximum absolute atomic E-state index is 12.2. The molecule has 1 aromatic heterocycles. The quantitative estimate of drug-likeness (QED) is 0.740. The van der Waals surface area contributed by atoms with Crippen LogP contribution in [0.1, 0.15) is 42.5 Å². The third-order valence-electron chi connectivity index (χ3n) is 4.38. The van der Waals surface area contributed by atoms with Crippen LogP contribution in [0.4, 0.5) is 11.6 Å². The first-order valence-corrected chi connectivity index (χ1v) is 8.94. The average Bonchev–Trinajstić information content (AvgIpc) is 2.70. The fraction of sp³-hybridized carbons (Fsp3) is 0.350. The predicted octanol–water partition coefficient (Wildman–Crippen LogP) is 3.85. The number of nitrogens with zero attached hydrogens (tertiary/aromatic N) is 2. The van der Waals surface area contributed by atoms with Gasteiger partial charge in [-0.1, -0.05) is 23.8 Å². The summed E-state index contributed by atoms with van der Waals surface area (Å²) in [5, 5.41) is 6.02. The van der Waals surface area contributed by atoms with E-state index in [4.69, 9.17) is 4.74 Å². The van der Waals surface area contributed by atoms with E-state index >= 15 is 0 Å². The first-order chi connectivity index (χ1) is 12.8. The lowest BCUT2D eigenvalue weighted by Crippen LogP contribution is -2.25. The lowest BCUT2D eigenvalue weighted by atomic mass is 9.97. The van der Waals surface area contributed by atoms with Gasteiger partial charge in [-0.3, -0.25) is 4.79 Å². The molecule has 0 spiro atoms.